The molecule has 0 heterocycles. The number of rotatable bonds is 8. The first kappa shape index (κ1) is 20.5. The molecule has 4 aromatic rings. The fraction of sp³-hybridized carbons (Fsp3) is 0.172. The minimum Gasteiger partial charge on any atom is -0.140 e. The molecule has 0 spiro atoms. The van der Waals surface area contributed by atoms with Crippen LogP contribution in [0.1, 0.15) is 34.7 Å². The number of aryl methyl sites for hydroxylation is 2. The third-order valence-electron chi connectivity index (χ3n) is 5.68. The summed E-state index contributed by atoms with van der Waals surface area (Å²) in [6.07, 6.45) is 2.15. The zero-order valence-corrected chi connectivity index (χ0v) is 18.3. The monoisotopic (exact) mass is 408 g/mol. The van der Waals surface area contributed by atoms with Crippen LogP contribution in [0.4, 0.5) is 0 Å². The van der Waals surface area contributed by atoms with Crippen molar-refractivity contribution in [3.8, 4) is 0 Å². The summed E-state index contributed by atoms with van der Waals surface area (Å²) in [7, 11) is 0. The van der Waals surface area contributed by atoms with Crippen LogP contribution in [0.2, 0.25) is 0 Å². The fourth-order valence-corrected chi connectivity index (χ4v) is 5.58. The van der Waals surface area contributed by atoms with Gasteiger partial charge >= 0.3 is 0 Å². The van der Waals surface area contributed by atoms with Crippen LogP contribution in [0.3, 0.4) is 0 Å². The molecule has 30 heavy (non-hydrogen) atoms. The van der Waals surface area contributed by atoms with Gasteiger partial charge in [-0.05, 0) is 46.4 Å². The molecule has 0 aliphatic heterocycles. The Bertz CT molecular complexity index is 925. The maximum absolute atomic E-state index is 2.29. The lowest BCUT2D eigenvalue weighted by Gasteiger charge is -2.35. The van der Waals surface area contributed by atoms with Crippen molar-refractivity contribution in [2.24, 2.45) is 0 Å². The molecule has 0 fully saturated rings. The van der Waals surface area contributed by atoms with Crippen LogP contribution >= 0.6 is 11.8 Å². The van der Waals surface area contributed by atoms with Gasteiger partial charge < -0.3 is 0 Å². The van der Waals surface area contributed by atoms with Gasteiger partial charge in [-0.15, -0.1) is 11.8 Å². The molecule has 0 amide bonds. The molecule has 150 valence electrons. The molecule has 1 heteroatoms. The lowest BCUT2D eigenvalue weighted by molar-refractivity contribution is 0.891. The van der Waals surface area contributed by atoms with Gasteiger partial charge in [0.25, 0.3) is 0 Å². The zero-order chi connectivity index (χ0) is 20.7. The van der Waals surface area contributed by atoms with Crippen LogP contribution in [-0.4, -0.2) is 5.75 Å². The van der Waals surface area contributed by atoms with Crippen molar-refractivity contribution in [1.82, 2.24) is 0 Å². The summed E-state index contributed by atoms with van der Waals surface area (Å²) in [5.74, 6) is 1.05. The molecule has 0 bridgehead atoms. The molecule has 0 atom stereocenters. The van der Waals surface area contributed by atoms with E-state index in [-0.39, 0.29) is 4.75 Å². The van der Waals surface area contributed by atoms with Crippen LogP contribution < -0.4 is 0 Å². The average molecular weight is 409 g/mol. The number of hydrogen-bond donors (Lipinski definition) is 0. The maximum Gasteiger partial charge on any atom is 0.0907 e. The number of benzene rings is 4. The Morgan fingerprint density at radius 1 is 0.533 bits per heavy atom. The highest BCUT2D eigenvalue weighted by Gasteiger charge is 2.36. The van der Waals surface area contributed by atoms with Gasteiger partial charge in [0.15, 0.2) is 0 Å². The third-order valence-corrected chi connectivity index (χ3v) is 7.23. The van der Waals surface area contributed by atoms with Gasteiger partial charge in [0.05, 0.1) is 4.75 Å². The van der Waals surface area contributed by atoms with E-state index < -0.39 is 0 Å². The van der Waals surface area contributed by atoms with Crippen LogP contribution in [-0.2, 0) is 17.6 Å². The van der Waals surface area contributed by atoms with E-state index in [4.69, 9.17) is 0 Å². The maximum atomic E-state index is 2.29. The Morgan fingerprint density at radius 3 is 1.33 bits per heavy atom. The van der Waals surface area contributed by atoms with E-state index >= 15 is 0 Å². The molecule has 0 saturated carbocycles. The summed E-state index contributed by atoms with van der Waals surface area (Å²) in [6, 6.07) is 41.9. The lowest BCUT2D eigenvalue weighted by atomic mass is 9.84. The largest absolute Gasteiger partial charge is 0.140 e. The molecule has 0 aromatic heterocycles. The highest BCUT2D eigenvalue weighted by Crippen LogP contribution is 2.48. The Morgan fingerprint density at radius 2 is 0.933 bits per heavy atom. The fourth-order valence-electron chi connectivity index (χ4n) is 4.03. The van der Waals surface area contributed by atoms with E-state index in [0.717, 1.165) is 18.6 Å². The SMILES string of the molecule is CCc1ccc(CCSC(c2ccccc2)(c2ccccc2)c2ccccc2)cc1. The average Bonchev–Trinajstić information content (AvgIpc) is 2.84. The summed E-state index contributed by atoms with van der Waals surface area (Å²) in [5.41, 5.74) is 6.79. The van der Waals surface area contributed by atoms with E-state index in [1.54, 1.807) is 0 Å². The van der Waals surface area contributed by atoms with Crippen molar-refractivity contribution >= 4 is 11.8 Å². The van der Waals surface area contributed by atoms with Crippen LogP contribution in [0.25, 0.3) is 0 Å². The first-order valence-electron chi connectivity index (χ1n) is 10.7. The third kappa shape index (κ3) is 4.37. The number of hydrogen-bond acceptors (Lipinski definition) is 1. The van der Waals surface area contributed by atoms with Crippen molar-refractivity contribution < 1.29 is 0 Å². The Labute approximate surface area is 185 Å². The van der Waals surface area contributed by atoms with Gasteiger partial charge in [-0.2, -0.15) is 0 Å². The van der Waals surface area contributed by atoms with E-state index in [1.807, 2.05) is 11.8 Å². The van der Waals surface area contributed by atoms with Crippen LogP contribution in [0, 0.1) is 0 Å². The lowest BCUT2D eigenvalue weighted by Crippen LogP contribution is -2.26. The predicted molar refractivity (Wildman–Crippen MR) is 131 cm³/mol. The molecule has 0 aliphatic carbocycles. The molecule has 0 N–H and O–H groups in total. The second kappa shape index (κ2) is 9.82. The highest BCUT2D eigenvalue weighted by atomic mass is 32.2. The quantitative estimate of drug-likeness (QED) is 0.272. The van der Waals surface area contributed by atoms with E-state index in [9.17, 15) is 0 Å². The molecule has 0 unspecified atom stereocenters. The standard InChI is InChI=1S/C29H28S/c1-2-24-18-20-25(21-19-24)22-23-30-29(26-12-6-3-7-13-26,27-14-8-4-9-15-27)28-16-10-5-11-17-28/h3-21H,2,22-23H2,1H3. The first-order valence-corrected chi connectivity index (χ1v) is 11.7. The molecule has 0 aliphatic rings. The van der Waals surface area contributed by atoms with Crippen molar-refractivity contribution in [1.29, 1.82) is 0 Å². The van der Waals surface area contributed by atoms with Crippen molar-refractivity contribution in [2.45, 2.75) is 24.5 Å². The normalized spacial score (nSPS) is 11.4. The first-order chi connectivity index (χ1) is 14.8. The second-order valence-electron chi connectivity index (χ2n) is 7.55. The minimum atomic E-state index is -0.229. The summed E-state index contributed by atoms with van der Waals surface area (Å²) in [5, 5.41) is 0. The Kier molecular flexibility index (Phi) is 6.71. The summed E-state index contributed by atoms with van der Waals surface area (Å²) in [4.78, 5) is 0. The zero-order valence-electron chi connectivity index (χ0n) is 17.5. The highest BCUT2D eigenvalue weighted by molar-refractivity contribution is 8.00. The Balaban J connectivity index is 1.72. The van der Waals surface area contributed by atoms with Crippen molar-refractivity contribution in [3.63, 3.8) is 0 Å². The summed E-state index contributed by atoms with van der Waals surface area (Å²) < 4.78 is -0.229. The summed E-state index contributed by atoms with van der Waals surface area (Å²) in [6.45, 7) is 2.21. The van der Waals surface area contributed by atoms with Crippen LogP contribution in [0.15, 0.2) is 115 Å². The van der Waals surface area contributed by atoms with Gasteiger partial charge in [0.2, 0.25) is 0 Å². The molecule has 4 aromatic carbocycles. The Hall–Kier alpha value is -2.77. The molecule has 4 rings (SSSR count). The number of thioether (sulfide) groups is 1. The minimum absolute atomic E-state index is 0.229. The summed E-state index contributed by atoms with van der Waals surface area (Å²) >= 11 is 2.03. The topological polar surface area (TPSA) is 0 Å². The van der Waals surface area contributed by atoms with Gasteiger partial charge in [0, 0.05) is 0 Å². The van der Waals surface area contributed by atoms with E-state index in [0.29, 0.717) is 0 Å². The van der Waals surface area contributed by atoms with Crippen molar-refractivity contribution in [3.05, 3.63) is 143 Å². The molecule has 0 nitrogen and oxygen atoms in total. The van der Waals surface area contributed by atoms with Crippen LogP contribution in [0.5, 0.6) is 0 Å². The van der Waals surface area contributed by atoms with Crippen molar-refractivity contribution in [2.75, 3.05) is 5.75 Å². The smallest absolute Gasteiger partial charge is 0.0907 e. The van der Waals surface area contributed by atoms with Gasteiger partial charge in [-0.3, -0.25) is 0 Å². The molecular formula is C29H28S. The van der Waals surface area contributed by atoms with Gasteiger partial charge in [-0.25, -0.2) is 0 Å². The second-order valence-corrected chi connectivity index (χ2v) is 8.86. The van der Waals surface area contributed by atoms with E-state index in [1.165, 1.54) is 27.8 Å². The predicted octanol–water partition coefficient (Wildman–Crippen LogP) is 7.52. The molecular weight excluding hydrogens is 380 g/mol. The van der Waals surface area contributed by atoms with E-state index in [2.05, 4.69) is 122 Å². The molecule has 0 saturated heterocycles. The van der Waals surface area contributed by atoms with Gasteiger partial charge in [0.1, 0.15) is 0 Å². The molecule has 0 radical (unpaired) electrons. The van der Waals surface area contributed by atoms with Gasteiger partial charge in [-0.1, -0.05) is 122 Å².